The van der Waals surface area contributed by atoms with E-state index in [-0.39, 0.29) is 6.54 Å². The lowest BCUT2D eigenvalue weighted by molar-refractivity contribution is -0.184. The molecule has 0 aliphatic carbocycles. The smallest absolute Gasteiger partial charge is 0.399 e. The molecule has 0 fully saturated rings. The molecule has 16 heavy (non-hydrogen) atoms. The van der Waals surface area contributed by atoms with Gasteiger partial charge in [-0.1, -0.05) is 12.1 Å². The average molecular weight is 232 g/mol. The number of benzene rings is 1. The largest absolute Gasteiger partial charge is 0.471 e. The molecule has 3 nitrogen and oxygen atoms in total. The molecule has 0 atom stereocenters. The molecule has 6 heteroatoms. The van der Waals surface area contributed by atoms with Gasteiger partial charge in [-0.15, -0.1) is 0 Å². The van der Waals surface area contributed by atoms with Crippen molar-refractivity contribution in [1.82, 2.24) is 4.90 Å². The van der Waals surface area contributed by atoms with E-state index in [2.05, 4.69) is 0 Å². The molecule has 0 saturated carbocycles. The molecule has 1 aromatic rings. The first-order valence-corrected chi connectivity index (χ1v) is 4.47. The maximum atomic E-state index is 12.1. The molecule has 0 aromatic heterocycles. The Kier molecular flexibility index (Phi) is 3.41. The van der Waals surface area contributed by atoms with Gasteiger partial charge in [-0.3, -0.25) is 4.79 Å². The number of nitrogens with two attached hydrogens (primary N) is 1. The van der Waals surface area contributed by atoms with E-state index < -0.39 is 12.1 Å². The van der Waals surface area contributed by atoms with Crippen LogP contribution in [0.15, 0.2) is 24.3 Å². The molecule has 1 aromatic carbocycles. The second-order valence-corrected chi connectivity index (χ2v) is 3.40. The van der Waals surface area contributed by atoms with Crippen LogP contribution in [0.25, 0.3) is 0 Å². The standard InChI is InChI=1S/C10H11F3N2O/c1-15(9(16)10(11,12)13)6-7-3-2-4-8(14)5-7/h2-5H,6,14H2,1H3. The van der Waals surface area contributed by atoms with Gasteiger partial charge in [0.15, 0.2) is 0 Å². The first-order valence-electron chi connectivity index (χ1n) is 4.47. The Balaban J connectivity index is 2.72. The summed E-state index contributed by atoms with van der Waals surface area (Å²) in [5.74, 6) is -1.87. The fourth-order valence-electron chi connectivity index (χ4n) is 1.25. The molecule has 0 unspecified atom stereocenters. The summed E-state index contributed by atoms with van der Waals surface area (Å²) < 4.78 is 36.2. The number of hydrogen-bond donors (Lipinski definition) is 1. The number of alkyl halides is 3. The van der Waals surface area contributed by atoms with Gasteiger partial charge in [-0.2, -0.15) is 13.2 Å². The zero-order chi connectivity index (χ0) is 12.3. The van der Waals surface area contributed by atoms with Gasteiger partial charge in [0.1, 0.15) is 0 Å². The maximum absolute atomic E-state index is 12.1. The monoisotopic (exact) mass is 232 g/mol. The Morgan fingerprint density at radius 2 is 2.06 bits per heavy atom. The molecule has 0 aliphatic heterocycles. The predicted molar refractivity (Wildman–Crippen MR) is 53.4 cm³/mol. The average Bonchev–Trinajstić information content (AvgIpc) is 2.15. The fraction of sp³-hybridized carbons (Fsp3) is 0.300. The number of amides is 1. The minimum Gasteiger partial charge on any atom is -0.399 e. The van der Waals surface area contributed by atoms with Gasteiger partial charge < -0.3 is 10.6 Å². The molecule has 2 N–H and O–H groups in total. The van der Waals surface area contributed by atoms with E-state index >= 15 is 0 Å². The highest BCUT2D eigenvalue weighted by Crippen LogP contribution is 2.19. The number of carbonyl (C=O) groups is 1. The van der Waals surface area contributed by atoms with E-state index in [4.69, 9.17) is 5.73 Å². The van der Waals surface area contributed by atoms with Crippen molar-refractivity contribution in [3.63, 3.8) is 0 Å². The zero-order valence-electron chi connectivity index (χ0n) is 8.58. The first-order chi connectivity index (χ1) is 7.30. The molecule has 0 radical (unpaired) electrons. The van der Waals surface area contributed by atoms with Crippen molar-refractivity contribution in [3.05, 3.63) is 29.8 Å². The molecule has 0 heterocycles. The van der Waals surface area contributed by atoms with E-state index in [9.17, 15) is 18.0 Å². The normalized spacial score (nSPS) is 11.2. The third-order valence-electron chi connectivity index (χ3n) is 1.96. The van der Waals surface area contributed by atoms with Crippen molar-refractivity contribution >= 4 is 11.6 Å². The summed E-state index contributed by atoms with van der Waals surface area (Å²) in [6.07, 6.45) is -4.84. The van der Waals surface area contributed by atoms with Crippen molar-refractivity contribution in [2.24, 2.45) is 0 Å². The van der Waals surface area contributed by atoms with Crippen LogP contribution in [0.4, 0.5) is 18.9 Å². The Morgan fingerprint density at radius 3 is 2.56 bits per heavy atom. The van der Waals surface area contributed by atoms with Gasteiger partial charge in [0.05, 0.1) is 0 Å². The lowest BCUT2D eigenvalue weighted by Crippen LogP contribution is -2.37. The first kappa shape index (κ1) is 12.4. The third-order valence-corrected chi connectivity index (χ3v) is 1.96. The molecule has 88 valence electrons. The summed E-state index contributed by atoms with van der Waals surface area (Å²) in [6, 6.07) is 6.38. The van der Waals surface area contributed by atoms with Crippen molar-refractivity contribution in [3.8, 4) is 0 Å². The summed E-state index contributed by atoms with van der Waals surface area (Å²) in [7, 11) is 1.10. The van der Waals surface area contributed by atoms with Crippen LogP contribution in [-0.2, 0) is 11.3 Å². The van der Waals surface area contributed by atoms with Crippen molar-refractivity contribution in [2.75, 3.05) is 12.8 Å². The minimum absolute atomic E-state index is 0.122. The predicted octanol–water partition coefficient (Wildman–Crippen LogP) is 1.79. The quantitative estimate of drug-likeness (QED) is 0.790. The highest BCUT2D eigenvalue weighted by molar-refractivity contribution is 5.81. The number of halogens is 3. The highest BCUT2D eigenvalue weighted by Gasteiger charge is 2.41. The van der Waals surface area contributed by atoms with Crippen LogP contribution in [0.2, 0.25) is 0 Å². The molecule has 0 bridgehead atoms. The molecule has 0 spiro atoms. The Bertz CT molecular complexity index is 390. The maximum Gasteiger partial charge on any atom is 0.471 e. The van der Waals surface area contributed by atoms with Crippen LogP contribution >= 0.6 is 0 Å². The SMILES string of the molecule is CN(Cc1cccc(N)c1)C(=O)C(F)(F)F. The molecule has 1 rings (SSSR count). The van der Waals surface area contributed by atoms with Crippen LogP contribution in [0.3, 0.4) is 0 Å². The van der Waals surface area contributed by atoms with Gasteiger partial charge in [-0.25, -0.2) is 0 Å². The van der Waals surface area contributed by atoms with Crippen LogP contribution in [0.5, 0.6) is 0 Å². The number of hydrogen-bond acceptors (Lipinski definition) is 2. The lowest BCUT2D eigenvalue weighted by Gasteiger charge is -2.18. The van der Waals surface area contributed by atoms with Gasteiger partial charge in [0, 0.05) is 19.3 Å². The van der Waals surface area contributed by atoms with E-state index in [0.717, 1.165) is 7.05 Å². The Hall–Kier alpha value is -1.72. The summed E-state index contributed by atoms with van der Waals surface area (Å²) in [4.78, 5) is 11.4. The molecule has 0 aliphatic rings. The van der Waals surface area contributed by atoms with E-state index in [1.54, 1.807) is 18.2 Å². The summed E-state index contributed by atoms with van der Waals surface area (Å²) in [5, 5.41) is 0. The number of nitrogen functional groups attached to an aromatic ring is 1. The van der Waals surface area contributed by atoms with Gasteiger partial charge in [0.2, 0.25) is 0 Å². The van der Waals surface area contributed by atoms with Crippen LogP contribution < -0.4 is 5.73 Å². The highest BCUT2D eigenvalue weighted by atomic mass is 19.4. The van der Waals surface area contributed by atoms with Gasteiger partial charge in [0.25, 0.3) is 0 Å². The lowest BCUT2D eigenvalue weighted by atomic mass is 10.2. The van der Waals surface area contributed by atoms with E-state index in [1.165, 1.54) is 6.07 Å². The van der Waals surface area contributed by atoms with Crippen LogP contribution in [0.1, 0.15) is 5.56 Å². The third kappa shape index (κ3) is 3.15. The molecular weight excluding hydrogens is 221 g/mol. The van der Waals surface area contributed by atoms with Gasteiger partial charge in [-0.05, 0) is 17.7 Å². The minimum atomic E-state index is -4.84. The van der Waals surface area contributed by atoms with Crippen molar-refractivity contribution in [1.29, 1.82) is 0 Å². The number of nitrogens with zero attached hydrogens (tertiary/aromatic N) is 1. The topological polar surface area (TPSA) is 46.3 Å². The second-order valence-electron chi connectivity index (χ2n) is 3.40. The Labute approximate surface area is 90.6 Å². The van der Waals surface area contributed by atoms with Crippen LogP contribution in [0, 0.1) is 0 Å². The molecule has 1 amide bonds. The zero-order valence-corrected chi connectivity index (χ0v) is 8.58. The van der Waals surface area contributed by atoms with E-state index in [1.807, 2.05) is 0 Å². The molecular formula is C10H11F3N2O. The fourth-order valence-corrected chi connectivity index (χ4v) is 1.25. The summed E-state index contributed by atoms with van der Waals surface area (Å²) in [5.41, 5.74) is 6.48. The molecule has 0 saturated heterocycles. The number of anilines is 1. The second kappa shape index (κ2) is 4.42. The van der Waals surface area contributed by atoms with Gasteiger partial charge >= 0.3 is 12.1 Å². The number of rotatable bonds is 2. The van der Waals surface area contributed by atoms with E-state index in [0.29, 0.717) is 16.2 Å². The summed E-state index contributed by atoms with van der Waals surface area (Å²) >= 11 is 0. The number of carbonyl (C=O) groups excluding carboxylic acids is 1. The van der Waals surface area contributed by atoms with Crippen LogP contribution in [-0.4, -0.2) is 24.0 Å². The summed E-state index contributed by atoms with van der Waals surface area (Å²) in [6.45, 7) is -0.122. The van der Waals surface area contributed by atoms with Crippen molar-refractivity contribution < 1.29 is 18.0 Å². The van der Waals surface area contributed by atoms with Crippen molar-refractivity contribution in [2.45, 2.75) is 12.7 Å². The Morgan fingerprint density at radius 1 is 1.44 bits per heavy atom.